The van der Waals surface area contributed by atoms with Crippen molar-refractivity contribution in [1.82, 2.24) is 0 Å². The van der Waals surface area contributed by atoms with E-state index in [1.54, 1.807) is 0 Å². The van der Waals surface area contributed by atoms with Gasteiger partial charge in [0.2, 0.25) is 5.69 Å². The number of halogens is 1. The van der Waals surface area contributed by atoms with E-state index in [0.29, 0.717) is 0 Å². The smallest absolute Gasteiger partial charge is 0.209 e. The molecule has 5 rings (SSSR count). The van der Waals surface area contributed by atoms with E-state index in [2.05, 4.69) is 126 Å². The van der Waals surface area contributed by atoms with Crippen LogP contribution in [0.5, 0.6) is 0 Å². The highest BCUT2D eigenvalue weighted by Crippen LogP contribution is 2.48. The van der Waals surface area contributed by atoms with Crippen molar-refractivity contribution in [2.45, 2.75) is 118 Å². The molecule has 3 heteroatoms. The van der Waals surface area contributed by atoms with Crippen molar-refractivity contribution in [2.75, 3.05) is 18.0 Å². The van der Waals surface area contributed by atoms with E-state index in [9.17, 15) is 0 Å². The number of aryl methyl sites for hydroxylation is 2. The molecule has 2 heterocycles. The van der Waals surface area contributed by atoms with E-state index in [1.165, 1.54) is 94.7 Å². The third-order valence-electron chi connectivity index (χ3n) is 10.2. The van der Waals surface area contributed by atoms with Gasteiger partial charge in [0.15, 0.2) is 5.71 Å². The van der Waals surface area contributed by atoms with Crippen LogP contribution in [0.25, 0.3) is 0 Å². The van der Waals surface area contributed by atoms with Gasteiger partial charge in [0.05, 0.1) is 5.41 Å². The van der Waals surface area contributed by atoms with Crippen LogP contribution in [-0.4, -0.2) is 23.4 Å². The monoisotopic (exact) mass is 609 g/mol. The predicted molar refractivity (Wildman–Crippen MR) is 192 cm³/mol. The molecule has 2 aromatic rings. The molecule has 2 nitrogen and oxygen atoms in total. The zero-order chi connectivity index (χ0) is 31.6. The van der Waals surface area contributed by atoms with E-state index < -0.39 is 0 Å². The van der Waals surface area contributed by atoms with Crippen LogP contribution < -0.4 is 4.90 Å². The summed E-state index contributed by atoms with van der Waals surface area (Å²) in [6, 6.07) is 13.9. The van der Waals surface area contributed by atoms with E-state index >= 15 is 0 Å². The molecule has 1 aliphatic carbocycles. The molecule has 2 aliphatic heterocycles. The lowest BCUT2D eigenvalue weighted by molar-refractivity contribution is -0.438. The van der Waals surface area contributed by atoms with Gasteiger partial charge in [-0.05, 0) is 88.3 Å². The van der Waals surface area contributed by atoms with Crippen LogP contribution in [-0.2, 0) is 10.8 Å². The van der Waals surface area contributed by atoms with Gasteiger partial charge >= 0.3 is 0 Å². The van der Waals surface area contributed by atoms with Crippen LogP contribution >= 0.6 is 11.6 Å². The Morgan fingerprint density at radius 2 is 1.48 bits per heavy atom. The highest BCUT2D eigenvalue weighted by Gasteiger charge is 2.44. The summed E-state index contributed by atoms with van der Waals surface area (Å²) in [7, 11) is 0. The lowest BCUT2D eigenvalue weighted by Gasteiger charge is -2.27. The van der Waals surface area contributed by atoms with Crippen LogP contribution in [0.1, 0.15) is 115 Å². The zero-order valence-corrected chi connectivity index (χ0v) is 29.4. The minimum atomic E-state index is -0.0402. The molecule has 2 aromatic carbocycles. The van der Waals surface area contributed by atoms with Crippen molar-refractivity contribution in [2.24, 2.45) is 0 Å². The molecule has 0 saturated carbocycles. The summed E-state index contributed by atoms with van der Waals surface area (Å²) in [4.78, 5) is 2.57. The third-order valence-corrected chi connectivity index (χ3v) is 10.7. The van der Waals surface area contributed by atoms with Crippen LogP contribution in [0.15, 0.2) is 82.6 Å². The lowest BCUT2D eigenvalue weighted by Crippen LogP contribution is -2.28. The molecular weight excluding hydrogens is 556 g/mol. The first-order chi connectivity index (χ1) is 21.0. The second-order valence-electron chi connectivity index (χ2n) is 14.3. The van der Waals surface area contributed by atoms with Gasteiger partial charge in [-0.15, -0.1) is 0 Å². The van der Waals surface area contributed by atoms with Crippen molar-refractivity contribution in [3.63, 3.8) is 0 Å². The number of hydrogen-bond donors (Lipinski definition) is 0. The fourth-order valence-corrected chi connectivity index (χ4v) is 7.78. The van der Waals surface area contributed by atoms with E-state index in [0.717, 1.165) is 31.0 Å². The Hall–Kier alpha value is -2.84. The first-order valence-electron chi connectivity index (χ1n) is 17.1. The molecule has 0 radical (unpaired) electrons. The Labute approximate surface area is 272 Å². The molecule has 0 spiro atoms. The quantitative estimate of drug-likeness (QED) is 0.181. The number of nitrogens with zero attached hydrogens (tertiary/aromatic N) is 2. The second-order valence-corrected chi connectivity index (χ2v) is 14.7. The van der Waals surface area contributed by atoms with Gasteiger partial charge in [0.1, 0.15) is 6.54 Å². The van der Waals surface area contributed by atoms with Crippen LogP contribution in [0, 0.1) is 13.8 Å². The summed E-state index contributed by atoms with van der Waals surface area (Å²) in [5.41, 5.74) is 13.5. The van der Waals surface area contributed by atoms with Crippen molar-refractivity contribution in [3.8, 4) is 0 Å². The average Bonchev–Trinajstić information content (AvgIpc) is 3.51. The maximum Gasteiger partial charge on any atom is 0.209 e. The summed E-state index contributed by atoms with van der Waals surface area (Å²) in [6.07, 6.45) is 18.7. The Kier molecular flexibility index (Phi) is 9.81. The van der Waals surface area contributed by atoms with Gasteiger partial charge in [-0.3, -0.25) is 0 Å². The number of fused-ring (bicyclic) bond motifs is 2. The van der Waals surface area contributed by atoms with Gasteiger partial charge < -0.3 is 4.90 Å². The summed E-state index contributed by atoms with van der Waals surface area (Å²) >= 11 is 7.15. The molecule has 0 fully saturated rings. The summed E-state index contributed by atoms with van der Waals surface area (Å²) < 4.78 is 2.57. The number of allylic oxidation sites excluding steroid dienone is 8. The third kappa shape index (κ3) is 6.17. The molecule has 0 bridgehead atoms. The molecule has 234 valence electrons. The standard InChI is InChI=1S/C41H54ClN2/c1-9-11-13-25-43-35-21-15-29(3)27-33(35)40(5,6)37(43)23-19-31-17-18-32(39(31)42)20-24-38-41(7,8)34-28-30(4)16-22-36(34)44(38)26-14-12-10-2/h15-16,19-24,27-28H,9-14,17-18,25-26H2,1-8H3/q+1. The Morgan fingerprint density at radius 1 is 0.795 bits per heavy atom. The number of hydrogen-bond acceptors (Lipinski definition) is 1. The molecule has 0 aromatic heterocycles. The fourth-order valence-electron chi connectivity index (χ4n) is 7.47. The van der Waals surface area contributed by atoms with Gasteiger partial charge in [-0.1, -0.05) is 100 Å². The average molecular weight is 610 g/mol. The summed E-state index contributed by atoms with van der Waals surface area (Å²) in [6.45, 7) is 20.6. The SMILES string of the molecule is CCCCCN1C(=CC=C2CCC(C=CC3=[N+](CCCCC)c4ccc(C)cc4C3(C)C)=C2Cl)C(C)(C)c2cc(C)ccc21. The largest absolute Gasteiger partial charge is 0.344 e. The van der Waals surface area contributed by atoms with Crippen molar-refractivity contribution in [3.05, 3.63) is 105 Å². The van der Waals surface area contributed by atoms with Gasteiger partial charge in [-0.25, -0.2) is 0 Å². The Balaban J connectivity index is 1.46. The van der Waals surface area contributed by atoms with Crippen LogP contribution in [0.2, 0.25) is 0 Å². The summed E-state index contributed by atoms with van der Waals surface area (Å²) in [5, 5.41) is 0.932. The Morgan fingerprint density at radius 3 is 2.20 bits per heavy atom. The molecule has 44 heavy (non-hydrogen) atoms. The van der Waals surface area contributed by atoms with E-state index in [1.807, 2.05) is 0 Å². The maximum atomic E-state index is 7.15. The molecule has 0 atom stereocenters. The van der Waals surface area contributed by atoms with Gasteiger partial charge in [-0.2, -0.15) is 4.58 Å². The van der Waals surface area contributed by atoms with E-state index in [4.69, 9.17) is 11.6 Å². The summed E-state index contributed by atoms with van der Waals surface area (Å²) in [5.74, 6) is 0. The molecule has 0 amide bonds. The minimum Gasteiger partial charge on any atom is -0.344 e. The van der Waals surface area contributed by atoms with Crippen molar-refractivity contribution >= 4 is 28.7 Å². The second kappa shape index (κ2) is 13.3. The molecule has 0 unspecified atom stereocenters. The van der Waals surface area contributed by atoms with E-state index in [-0.39, 0.29) is 10.8 Å². The topological polar surface area (TPSA) is 6.25 Å². The zero-order valence-electron chi connectivity index (χ0n) is 28.6. The molecule has 0 saturated heterocycles. The van der Waals surface area contributed by atoms with Gasteiger partial charge in [0.25, 0.3) is 0 Å². The fraction of sp³-hybridized carbons (Fsp3) is 0.488. The normalized spacial score (nSPS) is 20.6. The van der Waals surface area contributed by atoms with Crippen LogP contribution in [0.3, 0.4) is 0 Å². The lowest BCUT2D eigenvalue weighted by atomic mass is 9.81. The van der Waals surface area contributed by atoms with Crippen LogP contribution in [0.4, 0.5) is 11.4 Å². The van der Waals surface area contributed by atoms with Gasteiger partial charge in [0, 0.05) is 52.5 Å². The number of benzene rings is 2. The maximum absolute atomic E-state index is 7.15. The Bertz CT molecular complexity index is 1560. The number of rotatable bonds is 11. The number of unbranched alkanes of at least 4 members (excludes halogenated alkanes) is 4. The highest BCUT2D eigenvalue weighted by molar-refractivity contribution is 6.33. The molecular formula is C41H54ClN2+. The van der Waals surface area contributed by atoms with Crippen molar-refractivity contribution in [1.29, 1.82) is 0 Å². The van der Waals surface area contributed by atoms with Crippen molar-refractivity contribution < 1.29 is 4.58 Å². The number of anilines is 1. The first kappa shape index (κ1) is 32.6. The minimum absolute atomic E-state index is 0.0402. The highest BCUT2D eigenvalue weighted by atomic mass is 35.5. The predicted octanol–water partition coefficient (Wildman–Crippen LogP) is 11.5. The molecule has 3 aliphatic rings. The molecule has 0 N–H and O–H groups in total. The first-order valence-corrected chi connectivity index (χ1v) is 17.5.